The number of hydrogen-bond acceptors (Lipinski definition) is 19. The molecule has 0 radical (unpaired) electrons. The second kappa shape index (κ2) is 16.6. The first-order valence-corrected chi connectivity index (χ1v) is 20.9. The summed E-state index contributed by atoms with van der Waals surface area (Å²) in [4.78, 5) is 34.2. The van der Waals surface area contributed by atoms with Crippen LogP contribution in [0.4, 0.5) is 34.1 Å². The van der Waals surface area contributed by atoms with Crippen molar-refractivity contribution in [3.63, 3.8) is 0 Å². The van der Waals surface area contributed by atoms with E-state index in [1.54, 1.807) is 0 Å². The summed E-state index contributed by atoms with van der Waals surface area (Å²) in [5.74, 6) is -2.31. The van der Waals surface area contributed by atoms with Crippen molar-refractivity contribution in [2.24, 2.45) is 20.4 Å². The number of nitro benzene ring substituents is 1. The number of benzene rings is 4. The summed E-state index contributed by atoms with van der Waals surface area (Å²) in [7, 11) is -13.7. The highest BCUT2D eigenvalue weighted by Gasteiger charge is 2.36. The fourth-order valence-corrected chi connectivity index (χ4v) is 7.27. The number of ether oxygens (including phenoxy) is 1. The Balaban J connectivity index is 1.30. The van der Waals surface area contributed by atoms with Crippen LogP contribution >= 0.6 is 0 Å². The van der Waals surface area contributed by atoms with Crippen LogP contribution in [0.5, 0.6) is 5.75 Å². The molecule has 0 atom stereocenters. The largest absolute Gasteiger partial charge is 0.505 e. The number of nitrogens with one attached hydrogen (secondary N) is 3. The number of hydrogen-bond donors (Lipinski definition) is 7. The molecular formula is C35H26N8O15S3. The first kappa shape index (κ1) is 43.1. The topological polar surface area (TPSA) is 355 Å². The number of carbonyl (C=O) groups is 2. The van der Waals surface area contributed by atoms with E-state index < -0.39 is 101 Å². The van der Waals surface area contributed by atoms with Crippen LogP contribution in [0.15, 0.2) is 138 Å². The molecule has 0 fully saturated rings. The molecule has 4 aromatic carbocycles. The van der Waals surface area contributed by atoms with Crippen LogP contribution < -0.4 is 20.9 Å². The molecule has 2 aliphatic rings. The summed E-state index contributed by atoms with van der Waals surface area (Å²) in [5, 5.41) is 39.9. The minimum atomic E-state index is -5.19. The standard InChI is InChI=1S/C35H26N8O15S3/c1-58-23-9-6-21(7-10-23)38-42-34-32(61(55,56)57)13-18-12-24(59(49,50)51)15-28(33(18)35(34)46)41-40-27-16-26(29(44)17-30(27)45)39-37-20-4-2-19(3-5-20)36-25-11-8-22(43(47)48)14-31(25)60(52,53)54/h2-17,36-38,45H,1H3,(H,49,50,51)(H,52,53,54)(H,55,56,57)/b39-26-,41-40?,42-34-. The van der Waals surface area contributed by atoms with Crippen LogP contribution in [0, 0.1) is 10.1 Å². The van der Waals surface area contributed by atoms with E-state index >= 15 is 0 Å². The van der Waals surface area contributed by atoms with E-state index in [1.165, 1.54) is 55.6 Å². The molecule has 0 saturated carbocycles. The van der Waals surface area contributed by atoms with Crippen molar-refractivity contribution < 1.29 is 63.3 Å². The van der Waals surface area contributed by atoms with Crippen molar-refractivity contribution in [2.75, 3.05) is 23.3 Å². The van der Waals surface area contributed by atoms with Crippen molar-refractivity contribution in [1.29, 1.82) is 0 Å². The monoisotopic (exact) mass is 894 g/mol. The fraction of sp³-hybridized carbons (Fsp3) is 0.0286. The summed E-state index contributed by atoms with van der Waals surface area (Å²) < 4.78 is 107. The minimum absolute atomic E-state index is 0.176. The summed E-state index contributed by atoms with van der Waals surface area (Å²) in [6, 6.07) is 15.9. The highest BCUT2D eigenvalue weighted by molar-refractivity contribution is 7.91. The maximum absolute atomic E-state index is 13.9. The lowest BCUT2D eigenvalue weighted by Gasteiger charge is -2.18. The lowest BCUT2D eigenvalue weighted by Crippen LogP contribution is -2.27. The zero-order valence-electron chi connectivity index (χ0n) is 30.5. The molecule has 0 amide bonds. The van der Waals surface area contributed by atoms with E-state index in [0.29, 0.717) is 24.0 Å². The van der Waals surface area contributed by atoms with Gasteiger partial charge in [-0.2, -0.15) is 35.5 Å². The Bertz CT molecular complexity index is 3070. The third-order valence-corrected chi connectivity index (χ3v) is 10.9. The number of anilines is 4. The van der Waals surface area contributed by atoms with Crippen molar-refractivity contribution >= 4 is 93.5 Å². The highest BCUT2D eigenvalue weighted by Crippen LogP contribution is 2.36. The lowest BCUT2D eigenvalue weighted by atomic mass is 9.93. The van der Waals surface area contributed by atoms with E-state index in [1.807, 2.05) is 0 Å². The number of hydrazone groups is 2. The van der Waals surface area contributed by atoms with Gasteiger partial charge in [-0.05, 0) is 78.4 Å². The van der Waals surface area contributed by atoms with Crippen LogP contribution in [-0.2, 0) is 35.1 Å². The molecule has 0 aliphatic heterocycles. The van der Waals surface area contributed by atoms with Crippen molar-refractivity contribution in [2.45, 2.75) is 9.79 Å². The molecule has 26 heteroatoms. The molecule has 61 heavy (non-hydrogen) atoms. The molecule has 0 heterocycles. The highest BCUT2D eigenvalue weighted by atomic mass is 32.2. The lowest BCUT2D eigenvalue weighted by molar-refractivity contribution is -0.385. The fourth-order valence-electron chi connectivity index (χ4n) is 5.41. The van der Waals surface area contributed by atoms with Gasteiger partial charge in [-0.1, -0.05) is 0 Å². The first-order valence-electron chi connectivity index (χ1n) is 16.6. The number of aliphatic hydroxyl groups is 1. The van der Waals surface area contributed by atoms with Gasteiger partial charge in [0.2, 0.25) is 11.6 Å². The molecule has 0 bridgehead atoms. The molecule has 7 N–H and O–H groups in total. The van der Waals surface area contributed by atoms with Crippen LogP contribution in [0.1, 0.15) is 15.9 Å². The summed E-state index contributed by atoms with van der Waals surface area (Å²) in [6.07, 6.45) is 2.39. The normalized spacial score (nSPS) is 15.8. The van der Waals surface area contributed by atoms with E-state index in [9.17, 15) is 63.7 Å². The number of methoxy groups -OCH3 is 1. The SMILES string of the molecule is COc1ccc(N/N=C2\C(=O)c3c(cc(S(=O)(=O)O)cc3N=NC3=C/C(=N/Nc4ccc(Nc5ccc([N+](=O)[O-])cc5S(=O)(=O)O)cc4)C(=O)C=C3O)C=C2S(=O)(=O)O)cc1. The third kappa shape index (κ3) is 9.87. The zero-order chi connectivity index (χ0) is 44.4. The Labute approximate surface area is 343 Å². The van der Waals surface area contributed by atoms with Gasteiger partial charge in [0, 0.05) is 30.0 Å². The maximum atomic E-state index is 13.9. The quantitative estimate of drug-likeness (QED) is 0.0298. The van der Waals surface area contributed by atoms with Crippen molar-refractivity contribution in [3.05, 3.63) is 129 Å². The van der Waals surface area contributed by atoms with Gasteiger partial charge in [0.1, 0.15) is 32.7 Å². The summed E-state index contributed by atoms with van der Waals surface area (Å²) >= 11 is 0. The Hall–Kier alpha value is -7.49. The number of nitrogens with zero attached hydrogens (tertiary/aromatic N) is 5. The molecule has 6 rings (SSSR count). The Kier molecular flexibility index (Phi) is 11.8. The molecule has 0 spiro atoms. The van der Waals surface area contributed by atoms with Crippen LogP contribution in [0.2, 0.25) is 0 Å². The Morgan fingerprint density at radius 2 is 1.34 bits per heavy atom. The number of rotatable bonds is 13. The predicted molar refractivity (Wildman–Crippen MR) is 216 cm³/mol. The summed E-state index contributed by atoms with van der Waals surface area (Å²) in [6.45, 7) is 0. The van der Waals surface area contributed by atoms with Gasteiger partial charge in [0.15, 0.2) is 5.71 Å². The molecule has 0 aromatic heterocycles. The van der Waals surface area contributed by atoms with Gasteiger partial charge in [-0.15, -0.1) is 10.2 Å². The molecule has 0 unspecified atom stereocenters. The van der Waals surface area contributed by atoms with Gasteiger partial charge in [0.25, 0.3) is 36.0 Å². The number of Topliss-reactive ketones (excluding diaryl/α,β-unsaturated/α-hetero) is 1. The van der Waals surface area contributed by atoms with Crippen LogP contribution in [0.3, 0.4) is 0 Å². The van der Waals surface area contributed by atoms with Crippen LogP contribution in [-0.4, -0.2) is 79.0 Å². The van der Waals surface area contributed by atoms with Gasteiger partial charge in [-0.25, -0.2) is 0 Å². The molecule has 2 aliphatic carbocycles. The second-order valence-corrected chi connectivity index (χ2v) is 16.5. The van der Waals surface area contributed by atoms with Gasteiger partial charge < -0.3 is 15.2 Å². The molecular weight excluding hydrogens is 869 g/mol. The number of azo groups is 1. The average molecular weight is 895 g/mol. The number of non-ortho nitro benzene ring substituents is 1. The number of carbonyl (C=O) groups excluding carboxylic acids is 2. The minimum Gasteiger partial charge on any atom is -0.505 e. The van der Waals surface area contributed by atoms with E-state index in [0.717, 1.165) is 30.4 Å². The Morgan fingerprint density at radius 1 is 0.721 bits per heavy atom. The van der Waals surface area contributed by atoms with E-state index in [-0.39, 0.29) is 28.5 Å². The average Bonchev–Trinajstić information content (AvgIpc) is 3.19. The van der Waals surface area contributed by atoms with Gasteiger partial charge in [0.05, 0.1) is 45.2 Å². The molecule has 314 valence electrons. The molecule has 0 saturated heterocycles. The third-order valence-electron chi connectivity index (χ3n) is 8.29. The van der Waals surface area contributed by atoms with E-state index in [4.69, 9.17) is 4.74 Å². The van der Waals surface area contributed by atoms with Crippen molar-refractivity contribution in [3.8, 4) is 5.75 Å². The number of nitro groups is 1. The number of aliphatic hydroxyl groups excluding tert-OH is 1. The maximum Gasteiger partial charge on any atom is 0.296 e. The first-order chi connectivity index (χ1) is 28.6. The smallest absolute Gasteiger partial charge is 0.296 e. The number of ketones is 2. The number of allylic oxidation sites excluding steroid dienone is 3. The predicted octanol–water partition coefficient (Wildman–Crippen LogP) is 5.19. The van der Waals surface area contributed by atoms with Crippen molar-refractivity contribution in [1.82, 2.24) is 0 Å². The molecule has 23 nitrogen and oxygen atoms in total. The number of fused-ring (bicyclic) bond motifs is 1. The summed E-state index contributed by atoms with van der Waals surface area (Å²) in [5.41, 5.74) is 1.88. The van der Waals surface area contributed by atoms with Gasteiger partial charge in [-0.3, -0.25) is 44.2 Å². The molecule has 4 aromatic rings. The zero-order valence-corrected chi connectivity index (χ0v) is 32.9. The van der Waals surface area contributed by atoms with Crippen LogP contribution in [0.25, 0.3) is 6.08 Å². The second-order valence-electron chi connectivity index (χ2n) is 12.3. The Morgan fingerprint density at radius 3 is 1.93 bits per heavy atom. The van der Waals surface area contributed by atoms with Gasteiger partial charge >= 0.3 is 0 Å². The van der Waals surface area contributed by atoms with E-state index in [2.05, 4.69) is 36.6 Å².